The van der Waals surface area contributed by atoms with E-state index in [0.717, 1.165) is 4.88 Å². The highest BCUT2D eigenvalue weighted by Crippen LogP contribution is 2.16. The maximum Gasteiger partial charge on any atom is 0.136 e. The maximum absolute atomic E-state index is 5.85. The molecule has 2 N–H and O–H groups in total. The van der Waals surface area contributed by atoms with Crippen LogP contribution < -0.4 is 5.73 Å². The van der Waals surface area contributed by atoms with E-state index in [1.54, 1.807) is 11.3 Å². The van der Waals surface area contributed by atoms with Crippen molar-refractivity contribution in [1.29, 1.82) is 0 Å². The maximum atomic E-state index is 5.85. The molecule has 0 aliphatic rings. The standard InChI is InChI=1S/C10H16N2S/c1-7-5-6-8(13-7)9(11)12-10(2,3)4/h5-6H,1-4H3,(H2,11,12). The quantitative estimate of drug-likeness (QED) is 0.544. The third kappa shape index (κ3) is 3.19. The van der Waals surface area contributed by atoms with Crippen molar-refractivity contribution in [2.45, 2.75) is 33.2 Å². The second-order valence-corrected chi connectivity index (χ2v) is 5.37. The van der Waals surface area contributed by atoms with Gasteiger partial charge in [-0.1, -0.05) is 0 Å². The van der Waals surface area contributed by atoms with Gasteiger partial charge in [0.05, 0.1) is 10.4 Å². The zero-order chi connectivity index (χ0) is 10.1. The van der Waals surface area contributed by atoms with Crippen LogP contribution in [-0.2, 0) is 0 Å². The van der Waals surface area contributed by atoms with Gasteiger partial charge in [0.2, 0.25) is 0 Å². The molecule has 0 unspecified atom stereocenters. The number of thiophene rings is 1. The molecule has 1 rings (SSSR count). The van der Waals surface area contributed by atoms with Crippen LogP contribution in [0.15, 0.2) is 17.1 Å². The van der Waals surface area contributed by atoms with Gasteiger partial charge in [0.15, 0.2) is 0 Å². The molecule has 2 nitrogen and oxygen atoms in total. The highest BCUT2D eigenvalue weighted by molar-refractivity contribution is 7.14. The Morgan fingerprint density at radius 1 is 1.38 bits per heavy atom. The average molecular weight is 196 g/mol. The third-order valence-electron chi connectivity index (χ3n) is 1.45. The van der Waals surface area contributed by atoms with Gasteiger partial charge in [0.1, 0.15) is 5.84 Å². The van der Waals surface area contributed by atoms with Crippen molar-refractivity contribution in [1.82, 2.24) is 0 Å². The summed E-state index contributed by atoms with van der Waals surface area (Å²) in [5.41, 5.74) is 5.76. The molecule has 0 bridgehead atoms. The first kappa shape index (κ1) is 10.3. The van der Waals surface area contributed by atoms with Crippen molar-refractivity contribution >= 4 is 17.2 Å². The van der Waals surface area contributed by atoms with Gasteiger partial charge >= 0.3 is 0 Å². The largest absolute Gasteiger partial charge is 0.383 e. The van der Waals surface area contributed by atoms with Crippen molar-refractivity contribution in [2.75, 3.05) is 0 Å². The summed E-state index contributed by atoms with van der Waals surface area (Å²) in [7, 11) is 0. The van der Waals surface area contributed by atoms with E-state index in [0.29, 0.717) is 5.84 Å². The SMILES string of the molecule is Cc1ccc(C(N)=NC(C)(C)C)s1. The Hall–Kier alpha value is -0.830. The topological polar surface area (TPSA) is 38.4 Å². The Morgan fingerprint density at radius 2 is 2.00 bits per heavy atom. The smallest absolute Gasteiger partial charge is 0.136 e. The van der Waals surface area contributed by atoms with E-state index < -0.39 is 0 Å². The lowest BCUT2D eigenvalue weighted by molar-refractivity contribution is 0.583. The fraction of sp³-hybridized carbons (Fsp3) is 0.500. The summed E-state index contributed by atoms with van der Waals surface area (Å²) >= 11 is 1.68. The first-order valence-corrected chi connectivity index (χ1v) is 5.12. The molecule has 13 heavy (non-hydrogen) atoms. The molecular weight excluding hydrogens is 180 g/mol. The van der Waals surface area contributed by atoms with Gasteiger partial charge in [-0.25, -0.2) is 0 Å². The molecule has 0 spiro atoms. The van der Waals surface area contributed by atoms with Crippen LogP contribution in [0.2, 0.25) is 0 Å². The van der Waals surface area contributed by atoms with Crippen LogP contribution in [0, 0.1) is 6.92 Å². The second-order valence-electron chi connectivity index (χ2n) is 4.08. The minimum absolute atomic E-state index is 0.0953. The van der Waals surface area contributed by atoms with Crippen LogP contribution in [0.3, 0.4) is 0 Å². The van der Waals surface area contributed by atoms with Crippen molar-refractivity contribution in [3.63, 3.8) is 0 Å². The van der Waals surface area contributed by atoms with Gasteiger partial charge < -0.3 is 5.73 Å². The normalized spacial score (nSPS) is 13.4. The second kappa shape index (κ2) is 3.50. The van der Waals surface area contributed by atoms with Crippen molar-refractivity contribution in [2.24, 2.45) is 10.7 Å². The summed E-state index contributed by atoms with van der Waals surface area (Å²) in [5, 5.41) is 0. The summed E-state index contributed by atoms with van der Waals surface area (Å²) in [6, 6.07) is 4.08. The van der Waals surface area contributed by atoms with Gasteiger partial charge in [0, 0.05) is 4.88 Å². The fourth-order valence-corrected chi connectivity index (χ4v) is 1.76. The van der Waals surface area contributed by atoms with Crippen molar-refractivity contribution in [3.8, 4) is 0 Å². The Balaban J connectivity index is 2.91. The minimum Gasteiger partial charge on any atom is -0.383 e. The van der Waals surface area contributed by atoms with E-state index in [1.165, 1.54) is 4.88 Å². The summed E-state index contributed by atoms with van der Waals surface area (Å²) < 4.78 is 0. The van der Waals surface area contributed by atoms with Crippen LogP contribution in [0.25, 0.3) is 0 Å². The molecule has 1 aromatic heterocycles. The number of hydrogen-bond acceptors (Lipinski definition) is 2. The summed E-state index contributed by atoms with van der Waals surface area (Å²) in [6.07, 6.45) is 0. The molecule has 0 atom stereocenters. The van der Waals surface area contributed by atoms with Crippen molar-refractivity contribution in [3.05, 3.63) is 21.9 Å². The lowest BCUT2D eigenvalue weighted by Crippen LogP contribution is -2.20. The van der Waals surface area contributed by atoms with Gasteiger partial charge in [0.25, 0.3) is 0 Å². The molecule has 0 saturated heterocycles. The monoisotopic (exact) mass is 196 g/mol. The number of rotatable bonds is 1. The first-order valence-electron chi connectivity index (χ1n) is 4.30. The van der Waals surface area contributed by atoms with Crippen LogP contribution in [-0.4, -0.2) is 11.4 Å². The molecule has 0 saturated carbocycles. The van der Waals surface area contributed by atoms with E-state index in [-0.39, 0.29) is 5.54 Å². The Morgan fingerprint density at radius 3 is 2.38 bits per heavy atom. The highest BCUT2D eigenvalue weighted by atomic mass is 32.1. The third-order valence-corrected chi connectivity index (χ3v) is 2.47. The predicted molar refractivity (Wildman–Crippen MR) is 59.5 cm³/mol. The number of nitrogens with two attached hydrogens (primary N) is 1. The number of aryl methyl sites for hydroxylation is 1. The molecule has 0 aliphatic carbocycles. The van der Waals surface area contributed by atoms with Crippen LogP contribution in [0.5, 0.6) is 0 Å². The fourth-order valence-electron chi connectivity index (χ4n) is 0.989. The zero-order valence-corrected chi connectivity index (χ0v) is 9.40. The Bertz CT molecular complexity index is 318. The van der Waals surface area contributed by atoms with Gasteiger partial charge in [-0.3, -0.25) is 4.99 Å². The van der Waals surface area contributed by atoms with E-state index >= 15 is 0 Å². The molecular formula is C10H16N2S. The number of nitrogens with zero attached hydrogens (tertiary/aromatic N) is 1. The number of aliphatic imine (C=N–C) groups is 1. The molecule has 0 amide bonds. The van der Waals surface area contributed by atoms with E-state index in [9.17, 15) is 0 Å². The molecule has 1 aromatic rings. The molecule has 0 aliphatic heterocycles. The lowest BCUT2D eigenvalue weighted by Gasteiger charge is -2.12. The summed E-state index contributed by atoms with van der Waals surface area (Å²) in [6.45, 7) is 8.19. The van der Waals surface area contributed by atoms with Gasteiger partial charge in [-0.15, -0.1) is 11.3 Å². The van der Waals surface area contributed by atoms with E-state index in [4.69, 9.17) is 5.73 Å². The number of hydrogen-bond donors (Lipinski definition) is 1. The lowest BCUT2D eigenvalue weighted by atomic mass is 10.1. The van der Waals surface area contributed by atoms with E-state index in [2.05, 4.69) is 18.0 Å². The van der Waals surface area contributed by atoms with Crippen LogP contribution in [0.1, 0.15) is 30.5 Å². The predicted octanol–water partition coefficient (Wildman–Crippen LogP) is 2.56. The molecule has 0 radical (unpaired) electrons. The molecule has 1 heterocycles. The number of amidine groups is 1. The van der Waals surface area contributed by atoms with E-state index in [1.807, 2.05) is 26.8 Å². The van der Waals surface area contributed by atoms with Crippen molar-refractivity contribution < 1.29 is 0 Å². The van der Waals surface area contributed by atoms with Crippen LogP contribution >= 0.6 is 11.3 Å². The molecule has 72 valence electrons. The van der Waals surface area contributed by atoms with Gasteiger partial charge in [-0.2, -0.15) is 0 Å². The molecule has 3 heteroatoms. The molecule has 0 fully saturated rings. The Labute approximate surface area is 83.5 Å². The first-order chi connectivity index (χ1) is 5.88. The average Bonchev–Trinajstić information content (AvgIpc) is 2.31. The zero-order valence-electron chi connectivity index (χ0n) is 8.59. The summed E-state index contributed by atoms with van der Waals surface area (Å²) in [5.74, 6) is 0.644. The van der Waals surface area contributed by atoms with Crippen LogP contribution in [0.4, 0.5) is 0 Å². The molecule has 0 aromatic carbocycles. The Kier molecular flexibility index (Phi) is 2.76. The summed E-state index contributed by atoms with van der Waals surface area (Å²) in [4.78, 5) is 6.73. The minimum atomic E-state index is -0.0953. The highest BCUT2D eigenvalue weighted by Gasteiger charge is 2.09. The van der Waals surface area contributed by atoms with Gasteiger partial charge in [-0.05, 0) is 39.8 Å².